The van der Waals surface area contributed by atoms with E-state index in [1.54, 1.807) is 0 Å². The summed E-state index contributed by atoms with van der Waals surface area (Å²) < 4.78 is 2.07. The van der Waals surface area contributed by atoms with Crippen molar-refractivity contribution in [3.8, 4) is 0 Å². The van der Waals surface area contributed by atoms with E-state index in [1.807, 2.05) is 19.4 Å². The molecule has 0 spiro atoms. The molecule has 0 radical (unpaired) electrons. The molecule has 0 aliphatic rings. The van der Waals surface area contributed by atoms with Gasteiger partial charge in [0, 0.05) is 38.4 Å². The van der Waals surface area contributed by atoms with E-state index >= 15 is 0 Å². The van der Waals surface area contributed by atoms with Gasteiger partial charge in [-0.1, -0.05) is 13.8 Å². The first kappa shape index (κ1) is 11.2. The van der Waals surface area contributed by atoms with Crippen molar-refractivity contribution in [2.75, 3.05) is 6.54 Å². The molecule has 1 unspecified atom stereocenters. The first-order valence-electron chi connectivity index (χ1n) is 5.31. The van der Waals surface area contributed by atoms with Gasteiger partial charge in [-0.2, -0.15) is 0 Å². The second kappa shape index (κ2) is 5.15. The van der Waals surface area contributed by atoms with Crippen molar-refractivity contribution < 1.29 is 0 Å². The molecule has 1 atom stereocenters. The summed E-state index contributed by atoms with van der Waals surface area (Å²) in [5.41, 5.74) is 0. The van der Waals surface area contributed by atoms with E-state index in [0.717, 1.165) is 18.8 Å². The van der Waals surface area contributed by atoms with Crippen molar-refractivity contribution >= 4 is 0 Å². The van der Waals surface area contributed by atoms with Crippen LogP contribution in [0.4, 0.5) is 0 Å². The Morgan fingerprint density at radius 2 is 2.14 bits per heavy atom. The third kappa shape index (κ3) is 3.14. The second-order valence-corrected chi connectivity index (χ2v) is 4.19. The van der Waals surface area contributed by atoms with E-state index < -0.39 is 0 Å². The van der Waals surface area contributed by atoms with Crippen molar-refractivity contribution in [3.05, 3.63) is 18.2 Å². The Morgan fingerprint density at radius 3 is 2.64 bits per heavy atom. The average Bonchev–Trinajstić information content (AvgIpc) is 2.51. The zero-order valence-electron chi connectivity index (χ0n) is 9.62. The maximum atomic E-state index is 4.28. The first-order chi connectivity index (χ1) is 6.61. The summed E-state index contributed by atoms with van der Waals surface area (Å²) >= 11 is 0. The number of imidazole rings is 1. The number of aromatic nitrogens is 2. The highest BCUT2D eigenvalue weighted by Gasteiger charge is 2.06. The Morgan fingerprint density at radius 1 is 1.43 bits per heavy atom. The molecule has 1 heterocycles. The number of hydrogen-bond acceptors (Lipinski definition) is 2. The van der Waals surface area contributed by atoms with Crippen LogP contribution in [0.5, 0.6) is 0 Å². The first-order valence-corrected chi connectivity index (χ1v) is 5.31. The molecule has 14 heavy (non-hydrogen) atoms. The molecule has 3 heteroatoms. The lowest BCUT2D eigenvalue weighted by molar-refractivity contribution is 0.427. The molecule has 1 rings (SSSR count). The van der Waals surface area contributed by atoms with Gasteiger partial charge < -0.3 is 9.88 Å². The van der Waals surface area contributed by atoms with Crippen LogP contribution in [0.3, 0.4) is 0 Å². The van der Waals surface area contributed by atoms with E-state index in [2.05, 4.69) is 35.6 Å². The van der Waals surface area contributed by atoms with Crippen molar-refractivity contribution in [3.63, 3.8) is 0 Å². The largest absolute Gasteiger partial charge is 0.338 e. The zero-order valence-corrected chi connectivity index (χ0v) is 9.62. The van der Waals surface area contributed by atoms with E-state index in [-0.39, 0.29) is 0 Å². The Hall–Kier alpha value is -0.830. The van der Waals surface area contributed by atoms with Crippen LogP contribution in [0.1, 0.15) is 26.6 Å². The fourth-order valence-electron chi connectivity index (χ4n) is 1.28. The highest BCUT2D eigenvalue weighted by Crippen LogP contribution is 2.00. The van der Waals surface area contributed by atoms with Gasteiger partial charge in [-0.05, 0) is 12.8 Å². The zero-order chi connectivity index (χ0) is 10.6. The Bertz CT molecular complexity index is 265. The summed E-state index contributed by atoms with van der Waals surface area (Å²) in [6, 6.07) is 0.579. The van der Waals surface area contributed by atoms with Gasteiger partial charge in [0.05, 0.1) is 0 Å². The highest BCUT2D eigenvalue weighted by atomic mass is 15.0. The predicted octanol–water partition coefficient (Wildman–Crippen LogP) is 1.60. The minimum absolute atomic E-state index is 0.579. The maximum Gasteiger partial charge on any atom is 0.109 e. The molecule has 80 valence electrons. The topological polar surface area (TPSA) is 29.9 Å². The van der Waals surface area contributed by atoms with E-state index in [1.165, 1.54) is 0 Å². The van der Waals surface area contributed by atoms with Crippen molar-refractivity contribution in [1.82, 2.24) is 14.9 Å². The van der Waals surface area contributed by atoms with Crippen LogP contribution in [-0.4, -0.2) is 22.1 Å². The van der Waals surface area contributed by atoms with Crippen LogP contribution >= 0.6 is 0 Å². The molecular weight excluding hydrogens is 174 g/mol. The Labute approximate surface area is 86.5 Å². The molecule has 1 aromatic rings. The predicted molar refractivity (Wildman–Crippen MR) is 59.2 cm³/mol. The van der Waals surface area contributed by atoms with E-state index in [4.69, 9.17) is 0 Å². The third-order valence-electron chi connectivity index (χ3n) is 2.74. The molecule has 0 amide bonds. The van der Waals surface area contributed by atoms with Gasteiger partial charge >= 0.3 is 0 Å². The fraction of sp³-hybridized carbons (Fsp3) is 0.727. The summed E-state index contributed by atoms with van der Waals surface area (Å²) in [5.74, 6) is 1.84. The molecule has 3 nitrogen and oxygen atoms in total. The van der Waals surface area contributed by atoms with Crippen molar-refractivity contribution in [2.24, 2.45) is 13.0 Å². The monoisotopic (exact) mass is 195 g/mol. The van der Waals surface area contributed by atoms with Gasteiger partial charge in [-0.3, -0.25) is 0 Å². The summed E-state index contributed by atoms with van der Waals surface area (Å²) in [6.07, 6.45) is 4.84. The van der Waals surface area contributed by atoms with Crippen LogP contribution in [-0.2, 0) is 13.5 Å². The summed E-state index contributed by atoms with van der Waals surface area (Å²) in [6.45, 7) is 7.70. The van der Waals surface area contributed by atoms with Gasteiger partial charge in [0.25, 0.3) is 0 Å². The average molecular weight is 195 g/mol. The normalized spacial score (nSPS) is 13.5. The minimum Gasteiger partial charge on any atom is -0.338 e. The van der Waals surface area contributed by atoms with Crippen LogP contribution in [0.15, 0.2) is 12.4 Å². The second-order valence-electron chi connectivity index (χ2n) is 4.19. The van der Waals surface area contributed by atoms with Crippen LogP contribution < -0.4 is 5.32 Å². The quantitative estimate of drug-likeness (QED) is 0.773. The maximum absolute atomic E-state index is 4.28. The van der Waals surface area contributed by atoms with E-state index in [0.29, 0.717) is 12.0 Å². The Balaban J connectivity index is 2.25. The standard InChI is InChI=1S/C11H21N3/c1-9(2)10(3)12-6-5-11-13-7-8-14(11)4/h7-10,12H,5-6H2,1-4H3. The number of nitrogens with one attached hydrogen (secondary N) is 1. The van der Waals surface area contributed by atoms with Crippen molar-refractivity contribution in [2.45, 2.75) is 33.2 Å². The SMILES string of the molecule is CC(C)C(C)NCCc1nccn1C. The van der Waals surface area contributed by atoms with E-state index in [9.17, 15) is 0 Å². The smallest absolute Gasteiger partial charge is 0.109 e. The van der Waals surface area contributed by atoms with Gasteiger partial charge in [0.2, 0.25) is 0 Å². The highest BCUT2D eigenvalue weighted by molar-refractivity contribution is 4.91. The lowest BCUT2D eigenvalue weighted by atomic mass is 10.1. The summed E-state index contributed by atoms with van der Waals surface area (Å²) in [4.78, 5) is 4.28. The molecule has 0 fully saturated rings. The number of nitrogens with zero attached hydrogens (tertiary/aromatic N) is 2. The van der Waals surface area contributed by atoms with Gasteiger partial charge in [0.1, 0.15) is 5.82 Å². The molecule has 0 aliphatic heterocycles. The molecule has 0 saturated carbocycles. The van der Waals surface area contributed by atoms with Crippen LogP contribution in [0, 0.1) is 5.92 Å². The Kier molecular flexibility index (Phi) is 4.14. The van der Waals surface area contributed by atoms with Crippen molar-refractivity contribution in [1.29, 1.82) is 0 Å². The third-order valence-corrected chi connectivity index (χ3v) is 2.74. The molecule has 0 saturated heterocycles. The number of rotatable bonds is 5. The molecule has 1 N–H and O–H groups in total. The minimum atomic E-state index is 0.579. The van der Waals surface area contributed by atoms with Crippen LogP contribution in [0.25, 0.3) is 0 Å². The van der Waals surface area contributed by atoms with Gasteiger partial charge in [-0.15, -0.1) is 0 Å². The lowest BCUT2D eigenvalue weighted by Crippen LogP contribution is -2.32. The summed E-state index contributed by atoms with van der Waals surface area (Å²) in [7, 11) is 2.04. The molecule has 0 aromatic carbocycles. The summed E-state index contributed by atoms with van der Waals surface area (Å²) in [5, 5.41) is 3.49. The number of hydrogen-bond donors (Lipinski definition) is 1. The van der Waals surface area contributed by atoms with Gasteiger partial charge in [-0.25, -0.2) is 4.98 Å². The fourth-order valence-corrected chi connectivity index (χ4v) is 1.28. The number of aryl methyl sites for hydroxylation is 1. The van der Waals surface area contributed by atoms with Gasteiger partial charge in [0.15, 0.2) is 0 Å². The molecule has 0 aliphatic carbocycles. The molecular formula is C11H21N3. The lowest BCUT2D eigenvalue weighted by Gasteiger charge is -2.17. The molecule has 0 bridgehead atoms. The van der Waals surface area contributed by atoms with Crippen LogP contribution in [0.2, 0.25) is 0 Å². The molecule has 1 aromatic heterocycles.